The maximum atomic E-state index is 3.61. The summed E-state index contributed by atoms with van der Waals surface area (Å²) in [6.45, 7) is 0. The summed E-state index contributed by atoms with van der Waals surface area (Å²) in [5.41, 5.74) is 28.0. The Morgan fingerprint density at radius 3 is 0.830 bits per heavy atom. The number of halogens is 3. The molecule has 3 heterocycles. The van der Waals surface area contributed by atoms with Crippen LogP contribution in [0.2, 0.25) is 0 Å². The van der Waals surface area contributed by atoms with Gasteiger partial charge in [-0.3, -0.25) is 0 Å². The summed E-state index contributed by atoms with van der Waals surface area (Å²) in [7, 11) is 0. The highest BCUT2D eigenvalue weighted by Gasteiger charge is 2.19. The third kappa shape index (κ3) is 12.9. The molecule has 3 aromatic heterocycles. The van der Waals surface area contributed by atoms with Gasteiger partial charge in [-0.25, -0.2) is 0 Å². The van der Waals surface area contributed by atoms with Crippen LogP contribution in [-0.4, -0.2) is 13.7 Å². The zero-order valence-electron chi connectivity index (χ0n) is 57.6. The van der Waals surface area contributed by atoms with Crippen molar-refractivity contribution in [2.24, 2.45) is 0 Å². The van der Waals surface area contributed by atoms with E-state index in [1.54, 1.807) is 0 Å². The van der Waals surface area contributed by atoms with Crippen molar-refractivity contribution in [2.75, 3.05) is 0 Å². The van der Waals surface area contributed by atoms with Gasteiger partial charge in [-0.2, -0.15) is 0 Å². The first kappa shape index (κ1) is 65.8. The fourth-order valence-corrected chi connectivity index (χ4v) is 16.5. The van der Waals surface area contributed by atoms with Gasteiger partial charge in [0.15, 0.2) is 0 Å². The van der Waals surface area contributed by atoms with Crippen molar-refractivity contribution >= 4 is 124 Å². The van der Waals surface area contributed by atoms with E-state index in [1.165, 1.54) is 171 Å². The van der Waals surface area contributed by atoms with Gasteiger partial charge in [-0.05, 0) is 223 Å². The Labute approximate surface area is 641 Å². The Morgan fingerprint density at radius 1 is 0.151 bits per heavy atom. The molecule has 0 fully saturated rings. The maximum absolute atomic E-state index is 3.61. The number of rotatable bonds is 10. The van der Waals surface area contributed by atoms with Crippen molar-refractivity contribution < 1.29 is 0 Å². The zero-order chi connectivity index (χ0) is 71.0. The van der Waals surface area contributed by atoms with Crippen LogP contribution < -0.4 is 0 Å². The maximum Gasteiger partial charge on any atom is 0.0541 e. The van der Waals surface area contributed by atoms with Crippen LogP contribution in [0.25, 0.3) is 171 Å². The number of benzene rings is 17. The van der Waals surface area contributed by atoms with Gasteiger partial charge >= 0.3 is 0 Å². The molecule has 0 amide bonds. The van der Waals surface area contributed by atoms with Crippen LogP contribution >= 0.6 is 47.8 Å². The number of fused-ring (bicyclic) bond motifs is 10. The predicted octanol–water partition coefficient (Wildman–Crippen LogP) is 29.5. The van der Waals surface area contributed by atoms with Crippen LogP contribution in [0.4, 0.5) is 0 Å². The molecule has 502 valence electrons. The molecule has 0 atom stereocenters. The largest absolute Gasteiger partial charge is 0.309 e. The summed E-state index contributed by atoms with van der Waals surface area (Å²) in [6.07, 6.45) is 0. The summed E-state index contributed by atoms with van der Waals surface area (Å²) in [5.74, 6) is 0. The molecule has 0 bridgehead atoms. The Balaban J connectivity index is 0.000000113. The highest BCUT2D eigenvalue weighted by atomic mass is 79.9. The molecular formula is C100H66Br3N3. The molecule has 106 heavy (non-hydrogen) atoms. The first-order chi connectivity index (χ1) is 52.3. The molecular weight excluding hydrogens is 1480 g/mol. The van der Waals surface area contributed by atoms with E-state index in [1.807, 2.05) is 0 Å². The number of hydrogen-bond acceptors (Lipinski definition) is 0. The Kier molecular flexibility index (Phi) is 17.9. The first-order valence-corrected chi connectivity index (χ1v) is 38.0. The lowest BCUT2D eigenvalue weighted by molar-refractivity contribution is 1.18. The van der Waals surface area contributed by atoms with E-state index in [0.717, 1.165) is 13.4 Å². The standard InChI is InChI=1S/C36H24BrN.C34H22BrN.C30H20BrN/c37-31-13-7-12-29(23-31)27-10-6-11-28(22-27)30-18-21-36-34(24-30)33-14-4-5-15-35(33)38(36)32-19-16-26(17-20-32)25-8-2-1-3-9-25;35-28-13-6-12-26(21-28)24-10-5-11-25(20-24)27-18-19-34-31(22-27)30-15-3-4-16-33(30)36(34)32-17-7-9-23-8-1-2-14-29(23)32;31-25-11-7-10-23(19-25)21-8-6-9-22(18-21)24-16-17-30-28(20-24)27-14-4-5-15-29(27)32(30)26-12-2-1-3-13-26/h1-24H;1-22H;1-20H. The van der Waals surface area contributed by atoms with E-state index < -0.39 is 0 Å². The van der Waals surface area contributed by atoms with E-state index in [4.69, 9.17) is 0 Å². The lowest BCUT2D eigenvalue weighted by atomic mass is 9.98. The molecule has 6 heteroatoms. The van der Waals surface area contributed by atoms with Gasteiger partial charge in [0.25, 0.3) is 0 Å². The van der Waals surface area contributed by atoms with Crippen LogP contribution in [0.3, 0.4) is 0 Å². The van der Waals surface area contributed by atoms with Gasteiger partial charge in [-0.15, -0.1) is 0 Å². The van der Waals surface area contributed by atoms with Gasteiger partial charge in [0.2, 0.25) is 0 Å². The Hall–Kier alpha value is -12.2. The molecule has 0 N–H and O–H groups in total. The fraction of sp³-hybridized carbons (Fsp3) is 0. The van der Waals surface area contributed by atoms with E-state index in [2.05, 4.69) is 462 Å². The quantitative estimate of drug-likeness (QED) is 0.130. The lowest BCUT2D eigenvalue weighted by Crippen LogP contribution is -1.95. The summed E-state index contributed by atoms with van der Waals surface area (Å²) in [6, 6.07) is 144. The predicted molar refractivity (Wildman–Crippen MR) is 461 cm³/mol. The summed E-state index contributed by atoms with van der Waals surface area (Å²) in [5, 5.41) is 10.1. The first-order valence-electron chi connectivity index (χ1n) is 35.7. The van der Waals surface area contributed by atoms with Gasteiger partial charge in [0.1, 0.15) is 0 Å². The molecule has 0 aliphatic carbocycles. The Bertz CT molecular complexity index is 6680. The number of para-hydroxylation sites is 4. The Morgan fingerprint density at radius 2 is 0.415 bits per heavy atom. The SMILES string of the molecule is Brc1cccc(-c2cccc(-c3ccc4c(c3)c3ccccc3n4-c3ccc(-c4ccccc4)cc3)c2)c1.Brc1cccc(-c2cccc(-c3ccc4c(c3)c3ccccc3n4-c3cccc4ccccc34)c2)c1.Brc1cccc(-c2cccc(-c3ccc4c(c3)c3ccccc3n4-c3ccccc3)c2)c1. The number of aromatic nitrogens is 3. The van der Waals surface area contributed by atoms with Gasteiger partial charge < -0.3 is 13.7 Å². The molecule has 17 aromatic carbocycles. The summed E-state index contributed by atoms with van der Waals surface area (Å²) in [4.78, 5) is 0. The molecule has 0 aliphatic heterocycles. The minimum atomic E-state index is 1.09. The van der Waals surface area contributed by atoms with Crippen molar-refractivity contribution in [3.05, 3.63) is 414 Å². The average Bonchev–Trinajstić information content (AvgIpc) is 1.61. The van der Waals surface area contributed by atoms with E-state index in [-0.39, 0.29) is 0 Å². The minimum Gasteiger partial charge on any atom is -0.309 e. The molecule has 20 aromatic rings. The zero-order valence-corrected chi connectivity index (χ0v) is 62.3. The second-order valence-electron chi connectivity index (χ2n) is 26.8. The monoisotopic (exact) mass is 1550 g/mol. The topological polar surface area (TPSA) is 14.8 Å². The van der Waals surface area contributed by atoms with Crippen LogP contribution in [0.1, 0.15) is 0 Å². The fourth-order valence-electron chi connectivity index (χ4n) is 15.3. The van der Waals surface area contributed by atoms with Crippen LogP contribution in [0, 0.1) is 0 Å². The molecule has 20 rings (SSSR count). The van der Waals surface area contributed by atoms with Crippen LogP contribution in [0.15, 0.2) is 414 Å². The molecule has 0 radical (unpaired) electrons. The molecule has 0 saturated heterocycles. The smallest absolute Gasteiger partial charge is 0.0541 e. The number of nitrogens with zero attached hydrogens (tertiary/aromatic N) is 3. The second-order valence-corrected chi connectivity index (χ2v) is 29.5. The van der Waals surface area contributed by atoms with Crippen LogP contribution in [-0.2, 0) is 0 Å². The highest BCUT2D eigenvalue weighted by molar-refractivity contribution is 9.11. The summed E-state index contributed by atoms with van der Waals surface area (Å²) < 4.78 is 10.4. The molecule has 0 saturated carbocycles. The highest BCUT2D eigenvalue weighted by Crippen LogP contribution is 2.42. The molecule has 0 unspecified atom stereocenters. The third-order valence-corrected chi connectivity index (χ3v) is 21.8. The molecule has 0 aliphatic rings. The van der Waals surface area contributed by atoms with E-state index in [9.17, 15) is 0 Å². The average molecular weight is 1550 g/mol. The van der Waals surface area contributed by atoms with Gasteiger partial charge in [0, 0.05) is 62.5 Å². The summed E-state index contributed by atoms with van der Waals surface area (Å²) >= 11 is 10.8. The van der Waals surface area contributed by atoms with E-state index >= 15 is 0 Å². The van der Waals surface area contributed by atoms with Crippen molar-refractivity contribution in [1.82, 2.24) is 13.7 Å². The van der Waals surface area contributed by atoms with E-state index in [0.29, 0.717) is 0 Å². The minimum absolute atomic E-state index is 1.09. The third-order valence-electron chi connectivity index (χ3n) is 20.3. The normalized spacial score (nSPS) is 11.3. The van der Waals surface area contributed by atoms with Crippen molar-refractivity contribution in [2.45, 2.75) is 0 Å². The van der Waals surface area contributed by atoms with Crippen molar-refractivity contribution in [3.8, 4) is 95.0 Å². The van der Waals surface area contributed by atoms with Gasteiger partial charge in [-0.1, -0.05) is 309 Å². The van der Waals surface area contributed by atoms with Crippen molar-refractivity contribution in [3.63, 3.8) is 0 Å². The molecule has 3 nitrogen and oxygen atoms in total. The van der Waals surface area contributed by atoms with Crippen molar-refractivity contribution in [1.29, 1.82) is 0 Å². The lowest BCUT2D eigenvalue weighted by Gasteiger charge is -2.12. The molecule has 0 spiro atoms. The number of hydrogen-bond donors (Lipinski definition) is 0. The van der Waals surface area contributed by atoms with Gasteiger partial charge in [0.05, 0.1) is 38.8 Å². The second kappa shape index (κ2) is 28.8. The van der Waals surface area contributed by atoms with Crippen LogP contribution in [0.5, 0.6) is 0 Å².